The number of hydrogen-bond acceptors (Lipinski definition) is 2. The Kier molecular flexibility index (Phi) is 10.6. The van der Waals surface area contributed by atoms with E-state index in [1.807, 2.05) is 0 Å². The molecule has 0 spiro atoms. The fraction of sp³-hybridized carbons (Fsp3) is 0.917. The van der Waals surface area contributed by atoms with Crippen LogP contribution >= 0.6 is 0 Å². The summed E-state index contributed by atoms with van der Waals surface area (Å²) in [4.78, 5) is 10.5. The van der Waals surface area contributed by atoms with Gasteiger partial charge in [-0.3, -0.25) is 0 Å². The molecule has 0 saturated heterocycles. The Bertz CT molecular complexity index is 134. The summed E-state index contributed by atoms with van der Waals surface area (Å²) in [6, 6.07) is 0. The lowest BCUT2D eigenvalue weighted by Gasteiger charge is -2.15. The van der Waals surface area contributed by atoms with Crippen molar-refractivity contribution in [2.45, 2.75) is 60.3 Å². The minimum Gasteiger partial charge on any atom is -0.330 e. The molecule has 0 aliphatic rings. The normalized spacial score (nSPS) is 10.4. The summed E-state index contributed by atoms with van der Waals surface area (Å²) in [7, 11) is 0. The van der Waals surface area contributed by atoms with Crippen molar-refractivity contribution < 1.29 is 4.79 Å². The second-order valence-corrected chi connectivity index (χ2v) is 4.90. The van der Waals surface area contributed by atoms with Gasteiger partial charge in [0.05, 0.1) is 0 Å². The molecule has 14 heavy (non-hydrogen) atoms. The molecule has 2 N–H and O–H groups in total. The smallest absolute Gasteiger partial charge is 0.129 e. The molecule has 0 saturated carbocycles. The van der Waals surface area contributed by atoms with Gasteiger partial charge >= 0.3 is 0 Å². The van der Waals surface area contributed by atoms with Crippen molar-refractivity contribution in [3.63, 3.8) is 0 Å². The topological polar surface area (TPSA) is 43.1 Å². The zero-order valence-corrected chi connectivity index (χ0v) is 10.5. The minimum absolute atomic E-state index is 0.296. The summed E-state index contributed by atoms with van der Waals surface area (Å²) in [6.07, 6.45) is 4.11. The van der Waals surface area contributed by atoms with Crippen LogP contribution in [0.25, 0.3) is 0 Å². The number of carbonyl (C=O) groups is 1. The largest absolute Gasteiger partial charge is 0.330 e. The Balaban J connectivity index is 0. The molecule has 0 unspecified atom stereocenters. The number of carbonyl (C=O) groups excluding carboxylic acids is 1. The van der Waals surface area contributed by atoms with Crippen molar-refractivity contribution in [2.24, 2.45) is 11.1 Å². The minimum atomic E-state index is 0.296. The second-order valence-electron chi connectivity index (χ2n) is 4.90. The van der Waals surface area contributed by atoms with Gasteiger partial charge in [0.1, 0.15) is 5.78 Å². The highest BCUT2D eigenvalue weighted by Gasteiger charge is 2.09. The van der Waals surface area contributed by atoms with Crippen molar-refractivity contribution in [1.29, 1.82) is 0 Å². The van der Waals surface area contributed by atoms with Gasteiger partial charge in [0.25, 0.3) is 0 Å². The lowest BCUT2D eigenvalue weighted by atomic mass is 9.90. The van der Waals surface area contributed by atoms with Crippen LogP contribution < -0.4 is 5.73 Å². The van der Waals surface area contributed by atoms with Crippen LogP contribution in [-0.4, -0.2) is 12.3 Å². The third-order valence-corrected chi connectivity index (χ3v) is 1.78. The van der Waals surface area contributed by atoms with Crippen molar-refractivity contribution >= 4 is 5.78 Å². The van der Waals surface area contributed by atoms with Crippen LogP contribution in [0, 0.1) is 5.41 Å². The van der Waals surface area contributed by atoms with Crippen molar-refractivity contribution in [2.75, 3.05) is 6.54 Å². The number of unbranched alkanes of at least 4 members (excludes halogenated alkanes) is 1. The van der Waals surface area contributed by atoms with Gasteiger partial charge in [-0.15, -0.1) is 0 Å². The molecule has 0 amide bonds. The molecule has 0 aliphatic heterocycles. The fourth-order valence-electron chi connectivity index (χ4n) is 0.755. The molecule has 0 aromatic carbocycles. The first-order chi connectivity index (χ1) is 6.33. The van der Waals surface area contributed by atoms with Gasteiger partial charge in [0.15, 0.2) is 0 Å². The van der Waals surface area contributed by atoms with Gasteiger partial charge in [-0.05, 0) is 31.7 Å². The molecule has 0 atom stereocenters. The molecule has 0 heterocycles. The van der Waals surface area contributed by atoms with Crippen LogP contribution in [0.1, 0.15) is 60.3 Å². The second kappa shape index (κ2) is 9.20. The average Bonchev–Trinajstić information content (AvgIpc) is 2.02. The molecular weight excluding hydrogens is 174 g/mol. The predicted octanol–water partition coefficient (Wildman–Crippen LogP) is 3.15. The molecule has 86 valence electrons. The number of Topliss-reactive ketones (excluding diaryl/α,β-unsaturated/α-hetero) is 1. The van der Waals surface area contributed by atoms with Crippen LogP contribution in [-0.2, 0) is 4.79 Å². The Hall–Kier alpha value is -0.370. The molecule has 0 aliphatic carbocycles. The standard InChI is InChI=1S/C8H16O.C4H11N/c1-7(9)5-6-8(2,3)4;1-2-3-4-5/h5-6H2,1-4H3;2-5H2,1H3. The summed E-state index contributed by atoms with van der Waals surface area (Å²) in [6.45, 7) is 11.1. The quantitative estimate of drug-likeness (QED) is 0.759. The summed E-state index contributed by atoms with van der Waals surface area (Å²) in [5.41, 5.74) is 5.45. The van der Waals surface area contributed by atoms with Gasteiger partial charge in [0, 0.05) is 6.42 Å². The van der Waals surface area contributed by atoms with Crippen molar-refractivity contribution in [1.82, 2.24) is 0 Å². The summed E-state index contributed by atoms with van der Waals surface area (Å²) in [5.74, 6) is 0.296. The maximum Gasteiger partial charge on any atom is 0.129 e. The molecule has 0 bridgehead atoms. The maximum absolute atomic E-state index is 10.5. The van der Waals surface area contributed by atoms with Gasteiger partial charge in [-0.2, -0.15) is 0 Å². The maximum atomic E-state index is 10.5. The molecule has 0 aromatic heterocycles. The first-order valence-corrected chi connectivity index (χ1v) is 5.53. The lowest BCUT2D eigenvalue weighted by molar-refractivity contribution is -0.117. The van der Waals surface area contributed by atoms with Crippen LogP contribution in [0.3, 0.4) is 0 Å². The monoisotopic (exact) mass is 201 g/mol. The third-order valence-electron chi connectivity index (χ3n) is 1.78. The number of rotatable bonds is 4. The van der Waals surface area contributed by atoms with E-state index in [1.54, 1.807) is 6.92 Å². The van der Waals surface area contributed by atoms with Gasteiger partial charge in [0.2, 0.25) is 0 Å². The molecule has 2 heteroatoms. The zero-order valence-electron chi connectivity index (χ0n) is 10.5. The Morgan fingerprint density at radius 1 is 1.29 bits per heavy atom. The van der Waals surface area contributed by atoms with E-state index in [-0.39, 0.29) is 0 Å². The van der Waals surface area contributed by atoms with Gasteiger partial charge in [-0.25, -0.2) is 0 Å². The Labute approximate surface area is 89.3 Å². The van der Waals surface area contributed by atoms with E-state index in [2.05, 4.69) is 27.7 Å². The summed E-state index contributed by atoms with van der Waals surface area (Å²) >= 11 is 0. The highest BCUT2D eigenvalue weighted by molar-refractivity contribution is 5.75. The lowest BCUT2D eigenvalue weighted by Crippen LogP contribution is -2.06. The molecule has 0 fully saturated rings. The fourth-order valence-corrected chi connectivity index (χ4v) is 0.755. The SMILES string of the molecule is CC(=O)CCC(C)(C)C.CCCCN. The molecule has 0 radical (unpaired) electrons. The Morgan fingerprint density at radius 2 is 1.79 bits per heavy atom. The third kappa shape index (κ3) is 22.6. The van der Waals surface area contributed by atoms with Gasteiger partial charge < -0.3 is 10.5 Å². The van der Waals surface area contributed by atoms with Crippen molar-refractivity contribution in [3.8, 4) is 0 Å². The van der Waals surface area contributed by atoms with E-state index in [9.17, 15) is 4.79 Å². The van der Waals surface area contributed by atoms with Gasteiger partial charge in [-0.1, -0.05) is 34.1 Å². The van der Waals surface area contributed by atoms with Crippen LogP contribution in [0.15, 0.2) is 0 Å². The van der Waals surface area contributed by atoms with Crippen LogP contribution in [0.4, 0.5) is 0 Å². The highest BCUT2D eigenvalue weighted by atomic mass is 16.1. The average molecular weight is 201 g/mol. The van der Waals surface area contributed by atoms with E-state index in [1.165, 1.54) is 12.8 Å². The first kappa shape index (κ1) is 16.1. The van der Waals surface area contributed by atoms with Crippen molar-refractivity contribution in [3.05, 3.63) is 0 Å². The van der Waals surface area contributed by atoms with Crippen LogP contribution in [0.2, 0.25) is 0 Å². The number of nitrogens with two attached hydrogens (primary N) is 1. The molecule has 0 aromatic rings. The highest BCUT2D eigenvalue weighted by Crippen LogP contribution is 2.20. The predicted molar refractivity (Wildman–Crippen MR) is 63.3 cm³/mol. The molecule has 2 nitrogen and oxygen atoms in total. The molecule has 0 rings (SSSR count). The number of hydrogen-bond donors (Lipinski definition) is 1. The first-order valence-electron chi connectivity index (χ1n) is 5.53. The number of ketones is 1. The zero-order chi connectivity index (χ0) is 11.6. The summed E-state index contributed by atoms with van der Waals surface area (Å²) in [5, 5.41) is 0. The summed E-state index contributed by atoms with van der Waals surface area (Å²) < 4.78 is 0. The van der Waals surface area contributed by atoms with E-state index in [4.69, 9.17) is 5.73 Å². The molecular formula is C12H27NO. The Morgan fingerprint density at radius 3 is 1.86 bits per heavy atom. The van der Waals surface area contributed by atoms with E-state index in [0.717, 1.165) is 19.4 Å². The van der Waals surface area contributed by atoms with E-state index < -0.39 is 0 Å². The van der Waals surface area contributed by atoms with E-state index >= 15 is 0 Å². The van der Waals surface area contributed by atoms with E-state index in [0.29, 0.717) is 11.2 Å². The van der Waals surface area contributed by atoms with Crippen LogP contribution in [0.5, 0.6) is 0 Å².